The van der Waals surface area contributed by atoms with E-state index >= 15 is 0 Å². The van der Waals surface area contributed by atoms with Gasteiger partial charge in [0.1, 0.15) is 5.75 Å². The number of nitrogens with two attached hydrogens (primary N) is 1. The van der Waals surface area contributed by atoms with Gasteiger partial charge in [0.15, 0.2) is 12.4 Å². The van der Waals surface area contributed by atoms with Crippen LogP contribution in [-0.4, -0.2) is 54.8 Å². The summed E-state index contributed by atoms with van der Waals surface area (Å²) in [6.07, 6.45) is 0. The molecule has 0 radical (unpaired) electrons. The Kier molecular flexibility index (Phi) is 3.88. The molecule has 7 heteroatoms. The maximum atomic E-state index is 11.5. The highest BCUT2D eigenvalue weighted by Crippen LogP contribution is 2.16. The highest BCUT2D eigenvalue weighted by molar-refractivity contribution is 6.02. The standard InChI is InChI=1S/C13H16N4O3/c1-16-7-12(19)17(2)15-13(16)9-3-5-10(6-4-9)20-8-11(14)18/h3-6H,7-8H2,1-2H3,(H2,14,18). The molecule has 1 aromatic rings. The van der Waals surface area contributed by atoms with E-state index in [1.54, 1.807) is 31.1 Å². The van der Waals surface area contributed by atoms with Gasteiger partial charge in [-0.05, 0) is 24.3 Å². The maximum absolute atomic E-state index is 11.5. The normalized spacial score (nSPS) is 15.1. The van der Waals surface area contributed by atoms with Crippen LogP contribution in [0.1, 0.15) is 5.56 Å². The average molecular weight is 276 g/mol. The number of rotatable bonds is 4. The van der Waals surface area contributed by atoms with Crippen molar-refractivity contribution in [1.82, 2.24) is 9.91 Å². The van der Waals surface area contributed by atoms with E-state index in [1.807, 2.05) is 12.1 Å². The first kappa shape index (κ1) is 13.9. The number of nitrogens with zero attached hydrogens (tertiary/aromatic N) is 3. The fourth-order valence-electron chi connectivity index (χ4n) is 1.79. The van der Waals surface area contributed by atoms with Crippen molar-refractivity contribution in [3.63, 3.8) is 0 Å². The number of ether oxygens (including phenoxy) is 1. The summed E-state index contributed by atoms with van der Waals surface area (Å²) < 4.78 is 5.18. The van der Waals surface area contributed by atoms with Crippen LogP contribution in [0.2, 0.25) is 0 Å². The van der Waals surface area contributed by atoms with Crippen molar-refractivity contribution in [2.24, 2.45) is 10.8 Å². The number of carbonyl (C=O) groups excluding carboxylic acids is 2. The first-order chi connectivity index (χ1) is 9.47. The molecule has 0 bridgehead atoms. The van der Waals surface area contributed by atoms with Gasteiger partial charge in [-0.1, -0.05) is 0 Å². The molecular formula is C13H16N4O3. The van der Waals surface area contributed by atoms with Gasteiger partial charge in [-0.2, -0.15) is 5.10 Å². The molecule has 0 unspecified atom stereocenters. The monoisotopic (exact) mass is 276 g/mol. The fourth-order valence-corrected chi connectivity index (χ4v) is 1.79. The number of amides is 2. The minimum absolute atomic E-state index is 0.0577. The van der Waals surface area contributed by atoms with E-state index in [9.17, 15) is 9.59 Å². The van der Waals surface area contributed by atoms with Crippen LogP contribution >= 0.6 is 0 Å². The van der Waals surface area contributed by atoms with Crippen LogP contribution < -0.4 is 10.5 Å². The van der Waals surface area contributed by atoms with Crippen LogP contribution in [-0.2, 0) is 9.59 Å². The molecule has 1 aliphatic heterocycles. The average Bonchev–Trinajstić information content (AvgIpc) is 2.41. The third kappa shape index (κ3) is 3.05. The predicted molar refractivity (Wildman–Crippen MR) is 73.1 cm³/mol. The van der Waals surface area contributed by atoms with Crippen LogP contribution in [0.5, 0.6) is 5.75 Å². The van der Waals surface area contributed by atoms with E-state index in [-0.39, 0.29) is 19.1 Å². The number of amidine groups is 1. The van der Waals surface area contributed by atoms with Gasteiger partial charge in [0, 0.05) is 19.7 Å². The number of carbonyl (C=O) groups is 2. The Labute approximate surface area is 116 Å². The van der Waals surface area contributed by atoms with Crippen molar-refractivity contribution in [3.8, 4) is 5.75 Å². The summed E-state index contributed by atoms with van der Waals surface area (Å²) in [6, 6.07) is 7.08. The summed E-state index contributed by atoms with van der Waals surface area (Å²) in [7, 11) is 3.43. The number of primary amides is 1. The van der Waals surface area contributed by atoms with Gasteiger partial charge in [-0.25, -0.2) is 5.01 Å². The molecule has 2 N–H and O–H groups in total. The van der Waals surface area contributed by atoms with E-state index in [0.717, 1.165) is 5.56 Å². The first-order valence-electron chi connectivity index (χ1n) is 6.05. The van der Waals surface area contributed by atoms with Crippen LogP contribution in [0, 0.1) is 0 Å². The molecule has 0 fully saturated rings. The lowest BCUT2D eigenvalue weighted by molar-refractivity contribution is -0.131. The Balaban J connectivity index is 2.15. The quantitative estimate of drug-likeness (QED) is 0.811. The lowest BCUT2D eigenvalue weighted by atomic mass is 10.2. The van der Waals surface area contributed by atoms with Crippen molar-refractivity contribution in [3.05, 3.63) is 29.8 Å². The van der Waals surface area contributed by atoms with Gasteiger partial charge in [0.2, 0.25) is 0 Å². The molecule has 0 saturated carbocycles. The molecule has 0 spiro atoms. The largest absolute Gasteiger partial charge is 0.484 e. The summed E-state index contributed by atoms with van der Waals surface area (Å²) in [4.78, 5) is 23.9. The molecular weight excluding hydrogens is 260 g/mol. The second-order valence-electron chi connectivity index (χ2n) is 4.48. The Morgan fingerprint density at radius 2 is 2.00 bits per heavy atom. The minimum Gasteiger partial charge on any atom is -0.484 e. The summed E-state index contributed by atoms with van der Waals surface area (Å²) in [5.41, 5.74) is 5.87. The summed E-state index contributed by atoms with van der Waals surface area (Å²) >= 11 is 0. The lowest BCUT2D eigenvalue weighted by Gasteiger charge is -2.28. The van der Waals surface area contributed by atoms with Gasteiger partial charge in [-0.3, -0.25) is 9.59 Å². The van der Waals surface area contributed by atoms with Gasteiger partial charge >= 0.3 is 0 Å². The van der Waals surface area contributed by atoms with Crippen molar-refractivity contribution in [1.29, 1.82) is 0 Å². The third-order valence-corrected chi connectivity index (χ3v) is 2.83. The maximum Gasteiger partial charge on any atom is 0.261 e. The fraction of sp³-hybridized carbons (Fsp3) is 0.308. The summed E-state index contributed by atoms with van der Waals surface area (Å²) in [5.74, 6) is 0.674. The van der Waals surface area contributed by atoms with E-state index in [0.29, 0.717) is 11.6 Å². The van der Waals surface area contributed by atoms with Crippen molar-refractivity contribution in [2.45, 2.75) is 0 Å². The molecule has 106 valence electrons. The Bertz CT molecular complexity index is 553. The smallest absolute Gasteiger partial charge is 0.261 e. The number of likely N-dealkylation sites (N-methyl/N-ethyl adjacent to an activating group) is 2. The van der Waals surface area contributed by atoms with E-state index in [4.69, 9.17) is 10.5 Å². The zero-order chi connectivity index (χ0) is 14.7. The van der Waals surface area contributed by atoms with Gasteiger partial charge < -0.3 is 15.4 Å². The van der Waals surface area contributed by atoms with Crippen LogP contribution in [0.3, 0.4) is 0 Å². The zero-order valence-corrected chi connectivity index (χ0v) is 11.4. The molecule has 0 saturated heterocycles. The van der Waals surface area contributed by atoms with E-state index < -0.39 is 5.91 Å². The molecule has 1 heterocycles. The topological polar surface area (TPSA) is 88.2 Å². The first-order valence-corrected chi connectivity index (χ1v) is 6.05. The number of benzene rings is 1. The molecule has 2 rings (SSSR count). The third-order valence-electron chi connectivity index (χ3n) is 2.83. The summed E-state index contributed by atoms with van der Waals surface area (Å²) in [5, 5.41) is 5.56. The molecule has 20 heavy (non-hydrogen) atoms. The molecule has 7 nitrogen and oxygen atoms in total. The van der Waals surface area contributed by atoms with Crippen LogP contribution in [0.15, 0.2) is 29.4 Å². The highest BCUT2D eigenvalue weighted by Gasteiger charge is 2.22. The molecule has 0 aromatic heterocycles. The summed E-state index contributed by atoms with van der Waals surface area (Å²) in [6.45, 7) is 0.132. The molecule has 1 aliphatic rings. The van der Waals surface area contributed by atoms with Crippen LogP contribution in [0.25, 0.3) is 0 Å². The Morgan fingerprint density at radius 3 is 2.60 bits per heavy atom. The van der Waals surface area contributed by atoms with Gasteiger partial charge in [0.05, 0.1) is 6.54 Å². The van der Waals surface area contributed by atoms with Gasteiger partial charge in [-0.15, -0.1) is 0 Å². The van der Waals surface area contributed by atoms with Crippen molar-refractivity contribution >= 4 is 17.6 Å². The molecule has 1 aromatic carbocycles. The Morgan fingerprint density at radius 1 is 1.35 bits per heavy atom. The van der Waals surface area contributed by atoms with E-state index in [1.165, 1.54) is 5.01 Å². The molecule has 0 atom stereocenters. The highest BCUT2D eigenvalue weighted by atomic mass is 16.5. The number of hydrazone groups is 1. The second kappa shape index (κ2) is 5.60. The van der Waals surface area contributed by atoms with E-state index in [2.05, 4.69) is 5.10 Å². The predicted octanol–water partition coefficient (Wildman–Crippen LogP) is -0.384. The lowest BCUT2D eigenvalue weighted by Crippen LogP contribution is -2.44. The number of hydrogen-bond acceptors (Lipinski definition) is 5. The Hall–Kier alpha value is -2.57. The SMILES string of the molecule is CN1CC(=O)N(C)N=C1c1ccc(OCC(N)=O)cc1. The minimum atomic E-state index is -0.523. The van der Waals surface area contributed by atoms with Gasteiger partial charge in [0.25, 0.3) is 11.8 Å². The molecule has 2 amide bonds. The zero-order valence-electron chi connectivity index (χ0n) is 11.4. The van der Waals surface area contributed by atoms with Crippen LogP contribution in [0.4, 0.5) is 0 Å². The van der Waals surface area contributed by atoms with Crippen molar-refractivity contribution in [2.75, 3.05) is 27.2 Å². The van der Waals surface area contributed by atoms with Crippen molar-refractivity contribution < 1.29 is 14.3 Å². The number of hydrogen-bond donors (Lipinski definition) is 1. The second-order valence-corrected chi connectivity index (χ2v) is 4.48. The molecule has 0 aliphatic carbocycles.